The van der Waals surface area contributed by atoms with E-state index in [9.17, 15) is 14.0 Å². The van der Waals surface area contributed by atoms with Crippen molar-refractivity contribution in [3.05, 3.63) is 100.0 Å². The molecule has 2 N–H and O–H groups in total. The lowest BCUT2D eigenvalue weighted by atomic mass is 10.1. The third kappa shape index (κ3) is 7.18. The van der Waals surface area contributed by atoms with Crippen molar-refractivity contribution >= 4 is 34.8 Å². The number of nitrogens with one attached hydrogen (secondary N) is 2. The van der Waals surface area contributed by atoms with E-state index in [-0.39, 0.29) is 11.7 Å². The molecule has 1 amide bonds. The van der Waals surface area contributed by atoms with Crippen LogP contribution in [-0.2, 0) is 17.8 Å². The van der Waals surface area contributed by atoms with Crippen LogP contribution in [0.15, 0.2) is 66.7 Å². The molecule has 0 radical (unpaired) electrons. The summed E-state index contributed by atoms with van der Waals surface area (Å²) in [5.74, 6) is 0.522. The summed E-state index contributed by atoms with van der Waals surface area (Å²) in [7, 11) is 1.65. The molecule has 1 heterocycles. The first kappa shape index (κ1) is 27.9. The fourth-order valence-electron chi connectivity index (χ4n) is 4.07. The van der Waals surface area contributed by atoms with Crippen molar-refractivity contribution in [1.29, 1.82) is 0 Å². The summed E-state index contributed by atoms with van der Waals surface area (Å²) < 4.78 is 19.6. The van der Waals surface area contributed by atoms with Gasteiger partial charge in [-0.2, -0.15) is 0 Å². The highest BCUT2D eigenvalue weighted by Gasteiger charge is 2.19. The lowest BCUT2D eigenvalue weighted by molar-refractivity contribution is -0.109. The number of aryl methyl sites for hydroxylation is 1. The Bertz CT molecular complexity index is 1340. The predicted molar refractivity (Wildman–Crippen MR) is 146 cm³/mol. The first-order valence-electron chi connectivity index (χ1n) is 12.0. The first-order chi connectivity index (χ1) is 17.9. The molecule has 0 aliphatic rings. The number of amides is 1. The van der Waals surface area contributed by atoms with Crippen LogP contribution in [0.1, 0.15) is 34.1 Å². The van der Waals surface area contributed by atoms with Crippen molar-refractivity contribution in [3.8, 4) is 5.75 Å². The van der Waals surface area contributed by atoms with E-state index < -0.39 is 0 Å². The standard InChI is InChI=1S/C19H18ClNO2.C10H13FN2O/c1-4-16-12(2)21(18-10-9-15(23-3)11-17(16)18)19(22)13-5-7-14(20)8-6-13;11-10-3-1-9(2-4-10)7-12-5-6-13-8-14/h5-11H,4H2,1-3H3;1-4,8,12H,5-7H2,(H,13,14). The number of hydrogen-bond donors (Lipinski definition) is 2. The average molecular weight is 524 g/mol. The molecule has 3 aromatic carbocycles. The Hall–Kier alpha value is -3.68. The van der Waals surface area contributed by atoms with E-state index in [1.165, 1.54) is 17.7 Å². The van der Waals surface area contributed by atoms with Gasteiger partial charge in [0, 0.05) is 41.3 Å². The van der Waals surface area contributed by atoms with E-state index in [1.807, 2.05) is 25.1 Å². The molecule has 0 atom stereocenters. The highest BCUT2D eigenvalue weighted by atomic mass is 35.5. The van der Waals surface area contributed by atoms with E-state index in [2.05, 4.69) is 17.6 Å². The quantitative estimate of drug-likeness (QED) is 0.224. The van der Waals surface area contributed by atoms with Crippen LogP contribution in [0.5, 0.6) is 5.75 Å². The van der Waals surface area contributed by atoms with Crippen LogP contribution in [0, 0.1) is 12.7 Å². The van der Waals surface area contributed by atoms with Crippen LogP contribution in [0.2, 0.25) is 5.02 Å². The monoisotopic (exact) mass is 523 g/mol. The van der Waals surface area contributed by atoms with Crippen LogP contribution >= 0.6 is 11.6 Å². The van der Waals surface area contributed by atoms with Crippen LogP contribution in [-0.4, -0.2) is 37.1 Å². The van der Waals surface area contributed by atoms with E-state index in [0.29, 0.717) is 36.6 Å². The number of carbonyl (C=O) groups excluding carboxylic acids is 2. The highest BCUT2D eigenvalue weighted by Crippen LogP contribution is 2.30. The summed E-state index contributed by atoms with van der Waals surface area (Å²) in [4.78, 5) is 22.9. The van der Waals surface area contributed by atoms with Gasteiger partial charge in [0.05, 0.1) is 12.6 Å². The Morgan fingerprint density at radius 3 is 2.38 bits per heavy atom. The number of methoxy groups -OCH3 is 1. The molecule has 0 aliphatic carbocycles. The second-order valence-electron chi connectivity index (χ2n) is 8.32. The minimum atomic E-state index is -0.226. The van der Waals surface area contributed by atoms with E-state index in [1.54, 1.807) is 48.1 Å². The number of ether oxygens (including phenoxy) is 1. The smallest absolute Gasteiger partial charge is 0.262 e. The molecule has 0 saturated carbocycles. The summed E-state index contributed by atoms with van der Waals surface area (Å²) in [6.07, 6.45) is 1.52. The number of rotatable bonds is 9. The maximum atomic E-state index is 13.0. The van der Waals surface area contributed by atoms with Crippen molar-refractivity contribution in [3.63, 3.8) is 0 Å². The second kappa shape index (κ2) is 13.6. The number of hydrogen-bond acceptors (Lipinski definition) is 4. The molecule has 4 aromatic rings. The summed E-state index contributed by atoms with van der Waals surface area (Å²) >= 11 is 5.92. The molecule has 0 saturated heterocycles. The van der Waals surface area contributed by atoms with Crippen LogP contribution < -0.4 is 15.4 Å². The zero-order valence-corrected chi connectivity index (χ0v) is 21.9. The number of nitrogens with zero attached hydrogens (tertiary/aromatic N) is 1. The Balaban J connectivity index is 0.000000233. The molecular weight excluding hydrogens is 493 g/mol. The SMILES string of the molecule is CCc1c(C)n(C(=O)c2ccc(Cl)cc2)c2ccc(OC)cc12.O=CNCCNCc1ccc(F)cc1. The Morgan fingerprint density at radius 1 is 1.05 bits per heavy atom. The maximum absolute atomic E-state index is 13.0. The van der Waals surface area contributed by atoms with Gasteiger partial charge in [-0.3, -0.25) is 14.2 Å². The number of fused-ring (bicyclic) bond motifs is 1. The van der Waals surface area contributed by atoms with E-state index in [4.69, 9.17) is 16.3 Å². The Kier molecular flexibility index (Phi) is 10.2. The number of halogens is 2. The largest absolute Gasteiger partial charge is 0.497 e. The third-order valence-electron chi connectivity index (χ3n) is 5.96. The zero-order chi connectivity index (χ0) is 26.8. The Labute approximate surface area is 221 Å². The van der Waals surface area contributed by atoms with Gasteiger partial charge in [-0.25, -0.2) is 4.39 Å². The van der Waals surface area contributed by atoms with Crippen molar-refractivity contribution < 1.29 is 18.7 Å². The molecule has 0 unspecified atom stereocenters. The minimum absolute atomic E-state index is 0.0472. The van der Waals surface area contributed by atoms with Crippen molar-refractivity contribution in [1.82, 2.24) is 15.2 Å². The third-order valence-corrected chi connectivity index (χ3v) is 6.21. The van der Waals surface area contributed by atoms with Crippen LogP contribution in [0.4, 0.5) is 4.39 Å². The average Bonchev–Trinajstić information content (AvgIpc) is 3.20. The van der Waals surface area contributed by atoms with Crippen molar-refractivity contribution in [2.75, 3.05) is 20.2 Å². The van der Waals surface area contributed by atoms with Gasteiger partial charge in [-0.15, -0.1) is 0 Å². The zero-order valence-electron chi connectivity index (χ0n) is 21.2. The lowest BCUT2D eigenvalue weighted by Crippen LogP contribution is -2.25. The summed E-state index contributed by atoms with van der Waals surface area (Å²) in [5, 5.41) is 7.33. The molecule has 194 valence electrons. The van der Waals surface area contributed by atoms with Crippen molar-refractivity contribution in [2.45, 2.75) is 26.8 Å². The fraction of sp³-hybridized carbons (Fsp3) is 0.241. The van der Waals surface area contributed by atoms with Gasteiger partial charge in [0.25, 0.3) is 5.91 Å². The van der Waals surface area contributed by atoms with Gasteiger partial charge in [-0.05, 0) is 79.1 Å². The fourth-order valence-corrected chi connectivity index (χ4v) is 4.20. The molecule has 8 heteroatoms. The topological polar surface area (TPSA) is 72.4 Å². The van der Waals surface area contributed by atoms with E-state index >= 15 is 0 Å². The minimum Gasteiger partial charge on any atom is -0.497 e. The molecule has 0 bridgehead atoms. The maximum Gasteiger partial charge on any atom is 0.262 e. The van der Waals surface area contributed by atoms with Gasteiger partial charge in [0.1, 0.15) is 11.6 Å². The molecule has 0 spiro atoms. The van der Waals surface area contributed by atoms with Crippen LogP contribution in [0.25, 0.3) is 10.9 Å². The molecule has 37 heavy (non-hydrogen) atoms. The molecule has 4 rings (SSSR count). The lowest BCUT2D eigenvalue weighted by Gasteiger charge is -2.08. The summed E-state index contributed by atoms with van der Waals surface area (Å²) in [5.41, 5.74) is 4.68. The van der Waals surface area contributed by atoms with Gasteiger partial charge < -0.3 is 15.4 Å². The van der Waals surface area contributed by atoms with Gasteiger partial charge in [0.15, 0.2) is 0 Å². The molecule has 6 nitrogen and oxygen atoms in total. The Morgan fingerprint density at radius 2 is 1.76 bits per heavy atom. The van der Waals surface area contributed by atoms with Gasteiger partial charge in [0.2, 0.25) is 6.41 Å². The summed E-state index contributed by atoms with van der Waals surface area (Å²) in [6.45, 7) is 6.07. The normalized spacial score (nSPS) is 10.5. The summed E-state index contributed by atoms with van der Waals surface area (Å²) in [6, 6.07) is 19.1. The molecule has 0 fully saturated rings. The highest BCUT2D eigenvalue weighted by molar-refractivity contribution is 6.30. The number of aromatic nitrogens is 1. The van der Waals surface area contributed by atoms with Crippen LogP contribution in [0.3, 0.4) is 0 Å². The number of benzene rings is 3. The molecule has 1 aromatic heterocycles. The molecule has 0 aliphatic heterocycles. The van der Waals surface area contributed by atoms with Gasteiger partial charge >= 0.3 is 0 Å². The number of carbonyl (C=O) groups is 2. The van der Waals surface area contributed by atoms with Gasteiger partial charge in [-0.1, -0.05) is 30.7 Å². The van der Waals surface area contributed by atoms with E-state index in [0.717, 1.165) is 34.3 Å². The first-order valence-corrected chi connectivity index (χ1v) is 12.4. The van der Waals surface area contributed by atoms with Crippen molar-refractivity contribution in [2.24, 2.45) is 0 Å². The second-order valence-corrected chi connectivity index (χ2v) is 8.76. The molecular formula is C29H31ClFN3O3. The predicted octanol–water partition coefficient (Wildman–Crippen LogP) is 5.52.